The van der Waals surface area contributed by atoms with E-state index >= 15 is 0 Å². The van der Waals surface area contributed by atoms with Crippen molar-refractivity contribution in [3.63, 3.8) is 0 Å². The van der Waals surface area contributed by atoms with E-state index in [4.69, 9.17) is 11.6 Å². The SMILES string of the molecule is Cc1cccc(Cl)c1C(C)Br. The molecule has 0 heterocycles. The van der Waals surface area contributed by atoms with E-state index in [1.165, 1.54) is 11.1 Å². The molecular formula is C9H10BrCl. The number of aryl methyl sites for hydroxylation is 1. The molecule has 0 spiro atoms. The van der Waals surface area contributed by atoms with E-state index in [2.05, 4.69) is 35.8 Å². The number of hydrogen-bond acceptors (Lipinski definition) is 0. The Hall–Kier alpha value is -0.0100. The Labute approximate surface area is 80.7 Å². The Morgan fingerprint density at radius 2 is 2.09 bits per heavy atom. The number of hydrogen-bond donors (Lipinski definition) is 0. The minimum Gasteiger partial charge on any atom is -0.0841 e. The lowest BCUT2D eigenvalue weighted by Crippen LogP contribution is -1.89. The van der Waals surface area contributed by atoms with Crippen molar-refractivity contribution < 1.29 is 0 Å². The Morgan fingerprint density at radius 1 is 1.45 bits per heavy atom. The van der Waals surface area contributed by atoms with Gasteiger partial charge in [-0.3, -0.25) is 0 Å². The summed E-state index contributed by atoms with van der Waals surface area (Å²) >= 11 is 9.49. The number of benzene rings is 1. The van der Waals surface area contributed by atoms with Gasteiger partial charge in [-0.2, -0.15) is 0 Å². The summed E-state index contributed by atoms with van der Waals surface area (Å²) in [5.41, 5.74) is 2.43. The van der Waals surface area contributed by atoms with Crippen molar-refractivity contribution in [3.05, 3.63) is 34.3 Å². The van der Waals surface area contributed by atoms with Crippen molar-refractivity contribution in [3.8, 4) is 0 Å². The van der Waals surface area contributed by atoms with Crippen molar-refractivity contribution in [2.45, 2.75) is 18.7 Å². The lowest BCUT2D eigenvalue weighted by Gasteiger charge is -2.09. The summed E-state index contributed by atoms with van der Waals surface area (Å²) in [5, 5.41) is 0.842. The van der Waals surface area contributed by atoms with Crippen molar-refractivity contribution in [1.29, 1.82) is 0 Å². The van der Waals surface area contributed by atoms with E-state index in [1.807, 2.05) is 12.1 Å². The van der Waals surface area contributed by atoms with E-state index in [1.54, 1.807) is 0 Å². The summed E-state index contributed by atoms with van der Waals surface area (Å²) in [7, 11) is 0. The Balaban J connectivity index is 3.21. The second-order valence-electron chi connectivity index (χ2n) is 2.59. The molecule has 0 aliphatic heterocycles. The molecule has 1 unspecified atom stereocenters. The highest BCUT2D eigenvalue weighted by atomic mass is 79.9. The summed E-state index contributed by atoms with van der Waals surface area (Å²) in [5.74, 6) is 0. The van der Waals surface area contributed by atoms with Gasteiger partial charge >= 0.3 is 0 Å². The largest absolute Gasteiger partial charge is 0.0841 e. The van der Waals surface area contributed by atoms with Crippen molar-refractivity contribution >= 4 is 27.5 Å². The number of rotatable bonds is 1. The fraction of sp³-hybridized carbons (Fsp3) is 0.333. The minimum atomic E-state index is 0.330. The molecule has 1 aromatic rings. The molecule has 0 aliphatic carbocycles. The highest BCUT2D eigenvalue weighted by molar-refractivity contribution is 9.09. The van der Waals surface area contributed by atoms with Crippen LogP contribution in [0.5, 0.6) is 0 Å². The van der Waals surface area contributed by atoms with Crippen LogP contribution in [0.15, 0.2) is 18.2 Å². The van der Waals surface area contributed by atoms with Crippen LogP contribution >= 0.6 is 27.5 Å². The smallest absolute Gasteiger partial charge is 0.0451 e. The maximum absolute atomic E-state index is 5.99. The summed E-state index contributed by atoms with van der Waals surface area (Å²) in [6, 6.07) is 5.96. The molecule has 60 valence electrons. The third-order valence-corrected chi connectivity index (χ3v) is 2.46. The van der Waals surface area contributed by atoms with Gasteiger partial charge in [-0.1, -0.05) is 39.7 Å². The normalized spacial score (nSPS) is 13.1. The van der Waals surface area contributed by atoms with Gasteiger partial charge in [-0.25, -0.2) is 0 Å². The van der Waals surface area contributed by atoms with Crippen molar-refractivity contribution in [1.82, 2.24) is 0 Å². The van der Waals surface area contributed by atoms with Crippen LogP contribution in [0.1, 0.15) is 22.9 Å². The van der Waals surface area contributed by atoms with Gasteiger partial charge < -0.3 is 0 Å². The van der Waals surface area contributed by atoms with Gasteiger partial charge in [-0.15, -0.1) is 0 Å². The molecule has 0 N–H and O–H groups in total. The third kappa shape index (κ3) is 1.97. The lowest BCUT2D eigenvalue weighted by molar-refractivity contribution is 1.10. The van der Waals surface area contributed by atoms with Gasteiger partial charge in [0.25, 0.3) is 0 Å². The molecule has 11 heavy (non-hydrogen) atoms. The minimum absolute atomic E-state index is 0.330. The van der Waals surface area contributed by atoms with Crippen LogP contribution in [0.2, 0.25) is 5.02 Å². The molecule has 0 fully saturated rings. The molecule has 1 rings (SSSR count). The summed E-state index contributed by atoms with van der Waals surface area (Å²) in [6.07, 6.45) is 0. The standard InChI is InChI=1S/C9H10BrCl/c1-6-4-3-5-8(11)9(6)7(2)10/h3-5,7H,1-2H3. The van der Waals surface area contributed by atoms with E-state index in [-0.39, 0.29) is 0 Å². The number of alkyl halides is 1. The van der Waals surface area contributed by atoms with Crippen LogP contribution in [-0.2, 0) is 0 Å². The predicted octanol–water partition coefficient (Wildman–Crippen LogP) is 4.10. The lowest BCUT2D eigenvalue weighted by atomic mass is 10.1. The summed E-state index contributed by atoms with van der Waals surface area (Å²) < 4.78 is 0. The molecule has 0 aromatic heterocycles. The van der Waals surface area contributed by atoms with Crippen LogP contribution in [0, 0.1) is 6.92 Å². The van der Waals surface area contributed by atoms with Crippen molar-refractivity contribution in [2.75, 3.05) is 0 Å². The summed E-state index contributed by atoms with van der Waals surface area (Å²) in [6.45, 7) is 4.15. The molecule has 1 aromatic carbocycles. The van der Waals surface area contributed by atoms with E-state index < -0.39 is 0 Å². The molecule has 0 saturated heterocycles. The quantitative estimate of drug-likeness (QED) is 0.641. The maximum atomic E-state index is 5.99. The molecule has 0 saturated carbocycles. The zero-order valence-electron chi connectivity index (χ0n) is 6.57. The van der Waals surface area contributed by atoms with Gasteiger partial charge in [0.15, 0.2) is 0 Å². The average Bonchev–Trinajstić information content (AvgIpc) is 1.85. The van der Waals surface area contributed by atoms with Crippen molar-refractivity contribution in [2.24, 2.45) is 0 Å². The van der Waals surface area contributed by atoms with E-state index in [0.717, 1.165) is 5.02 Å². The molecule has 1 atom stereocenters. The Morgan fingerprint density at radius 3 is 2.45 bits per heavy atom. The monoisotopic (exact) mass is 232 g/mol. The van der Waals surface area contributed by atoms with Gasteiger partial charge in [0, 0.05) is 9.85 Å². The molecule has 0 amide bonds. The first-order chi connectivity index (χ1) is 5.13. The zero-order chi connectivity index (χ0) is 8.43. The first-order valence-corrected chi connectivity index (χ1v) is 4.81. The molecular weight excluding hydrogens is 223 g/mol. The highest BCUT2D eigenvalue weighted by Gasteiger charge is 2.07. The Kier molecular flexibility index (Phi) is 2.97. The Bertz CT molecular complexity index is 235. The highest BCUT2D eigenvalue weighted by Crippen LogP contribution is 2.31. The van der Waals surface area contributed by atoms with Crippen LogP contribution in [-0.4, -0.2) is 0 Å². The van der Waals surface area contributed by atoms with E-state index in [9.17, 15) is 0 Å². The van der Waals surface area contributed by atoms with Gasteiger partial charge in [0.2, 0.25) is 0 Å². The molecule has 0 aliphatic rings. The first-order valence-electron chi connectivity index (χ1n) is 3.52. The predicted molar refractivity (Wildman–Crippen MR) is 53.5 cm³/mol. The molecule has 0 nitrogen and oxygen atoms in total. The third-order valence-electron chi connectivity index (χ3n) is 1.67. The van der Waals surface area contributed by atoms with Crippen LogP contribution in [0.25, 0.3) is 0 Å². The van der Waals surface area contributed by atoms with Gasteiger partial charge in [0.1, 0.15) is 0 Å². The van der Waals surface area contributed by atoms with E-state index in [0.29, 0.717) is 4.83 Å². The zero-order valence-corrected chi connectivity index (χ0v) is 8.91. The second kappa shape index (κ2) is 3.59. The molecule has 0 radical (unpaired) electrons. The van der Waals surface area contributed by atoms with Crippen LogP contribution < -0.4 is 0 Å². The molecule has 2 heteroatoms. The maximum Gasteiger partial charge on any atom is 0.0451 e. The van der Waals surface area contributed by atoms with Crippen LogP contribution in [0.3, 0.4) is 0 Å². The fourth-order valence-corrected chi connectivity index (χ4v) is 2.27. The topological polar surface area (TPSA) is 0 Å². The van der Waals surface area contributed by atoms with Gasteiger partial charge in [-0.05, 0) is 31.0 Å². The first kappa shape index (κ1) is 9.08. The molecule has 0 bridgehead atoms. The second-order valence-corrected chi connectivity index (χ2v) is 4.37. The van der Waals surface area contributed by atoms with Gasteiger partial charge in [0.05, 0.1) is 0 Å². The summed E-state index contributed by atoms with van der Waals surface area (Å²) in [4.78, 5) is 0.330. The average molecular weight is 234 g/mol. The fourth-order valence-electron chi connectivity index (χ4n) is 1.15. The van der Waals surface area contributed by atoms with Crippen LogP contribution in [0.4, 0.5) is 0 Å². The number of halogens is 2.